The molecule has 0 aliphatic rings. The summed E-state index contributed by atoms with van der Waals surface area (Å²) >= 11 is -0.641. The summed E-state index contributed by atoms with van der Waals surface area (Å²) in [5.74, 6) is -1.93. The van der Waals surface area contributed by atoms with Gasteiger partial charge in [0.2, 0.25) is 0 Å². The van der Waals surface area contributed by atoms with Crippen LogP contribution in [0.4, 0.5) is 0 Å². The van der Waals surface area contributed by atoms with Crippen molar-refractivity contribution in [3.05, 3.63) is 57.4 Å². The monoisotopic (exact) mass is 450 g/mol. The molecule has 0 radical (unpaired) electrons. The van der Waals surface area contributed by atoms with E-state index < -0.39 is 11.9 Å². The molecule has 4 rings (SSSR count). The third-order valence-corrected chi connectivity index (χ3v) is 8.69. The van der Waals surface area contributed by atoms with Gasteiger partial charge in [0, 0.05) is 0 Å². The summed E-state index contributed by atoms with van der Waals surface area (Å²) in [6.45, 7) is 0. The number of rotatable bonds is 3. The quantitative estimate of drug-likeness (QED) is 0.473. The van der Waals surface area contributed by atoms with E-state index in [0.29, 0.717) is 20.0 Å². The Bertz CT molecular complexity index is 1030. The number of hydrogen-bond donors (Lipinski definition) is 2. The van der Waals surface area contributed by atoms with Gasteiger partial charge in [-0.1, -0.05) is 0 Å². The topological polar surface area (TPSA) is 74.6 Å². The van der Waals surface area contributed by atoms with E-state index in [1.54, 1.807) is 0 Å². The average molecular weight is 448 g/mol. The second kappa shape index (κ2) is 5.76. The van der Waals surface area contributed by atoms with Crippen LogP contribution in [0.5, 0.6) is 0 Å². The molecule has 0 saturated carbocycles. The van der Waals surface area contributed by atoms with Crippen molar-refractivity contribution in [2.75, 3.05) is 0 Å². The number of fused-ring (bicyclic) bond motifs is 2. The second-order valence-electron chi connectivity index (χ2n) is 5.21. The Balaban J connectivity index is 2.21. The maximum atomic E-state index is 11.8. The third-order valence-electron chi connectivity index (χ3n) is 3.83. The van der Waals surface area contributed by atoms with Crippen LogP contribution in [0.1, 0.15) is 18.5 Å². The van der Waals surface area contributed by atoms with Crippen molar-refractivity contribution in [2.24, 2.45) is 0 Å². The fraction of sp³-hybridized carbons (Fsp3) is 0. The van der Waals surface area contributed by atoms with Crippen LogP contribution in [-0.4, -0.2) is 51.2 Å². The van der Waals surface area contributed by atoms with E-state index in [4.69, 9.17) is 0 Å². The van der Waals surface area contributed by atoms with Gasteiger partial charge >= 0.3 is 149 Å². The molecular formula is C18H10O4Se2. The molecule has 2 heterocycles. The minimum atomic E-state index is -0.963. The molecule has 0 amide bonds. The molecule has 2 aromatic heterocycles. The zero-order valence-corrected chi connectivity index (χ0v) is 15.6. The molecule has 2 aromatic carbocycles. The van der Waals surface area contributed by atoms with E-state index in [2.05, 4.69) is 0 Å². The number of carboxylic acid groups (broad SMARTS) is 2. The molecule has 4 aromatic rings. The fourth-order valence-electron chi connectivity index (χ4n) is 2.89. The van der Waals surface area contributed by atoms with E-state index in [9.17, 15) is 19.8 Å². The van der Waals surface area contributed by atoms with Crippen LogP contribution >= 0.6 is 0 Å². The van der Waals surface area contributed by atoms with Gasteiger partial charge in [-0.05, 0) is 0 Å². The van der Waals surface area contributed by atoms with E-state index in [0.717, 1.165) is 19.3 Å². The SMILES string of the molecule is O=C(O)c1[se]c2ccccc2c1-c1c(C(=O)O)[se]c2ccccc12. The first-order chi connectivity index (χ1) is 11.6. The van der Waals surface area contributed by atoms with Crippen LogP contribution in [0, 0.1) is 0 Å². The number of aromatic carboxylic acids is 2. The molecule has 0 unspecified atom stereocenters. The van der Waals surface area contributed by atoms with Gasteiger partial charge in [-0.3, -0.25) is 0 Å². The molecular weight excluding hydrogens is 438 g/mol. The van der Waals surface area contributed by atoms with Crippen LogP contribution in [-0.2, 0) is 0 Å². The van der Waals surface area contributed by atoms with Crippen LogP contribution < -0.4 is 0 Å². The zero-order chi connectivity index (χ0) is 16.8. The summed E-state index contributed by atoms with van der Waals surface area (Å²) in [7, 11) is 0. The van der Waals surface area contributed by atoms with Gasteiger partial charge in [0.1, 0.15) is 0 Å². The molecule has 0 aliphatic heterocycles. The van der Waals surface area contributed by atoms with Crippen LogP contribution in [0.2, 0.25) is 0 Å². The summed E-state index contributed by atoms with van der Waals surface area (Å²) in [6.07, 6.45) is 0. The normalized spacial score (nSPS) is 11.2. The summed E-state index contributed by atoms with van der Waals surface area (Å²) < 4.78 is 2.66. The first-order valence-electron chi connectivity index (χ1n) is 7.08. The Morgan fingerprint density at radius 3 is 1.42 bits per heavy atom. The number of carboxylic acids is 2. The van der Waals surface area contributed by atoms with Gasteiger partial charge in [-0.15, -0.1) is 0 Å². The van der Waals surface area contributed by atoms with E-state index in [1.807, 2.05) is 48.5 Å². The Morgan fingerprint density at radius 1 is 0.667 bits per heavy atom. The fourth-order valence-corrected chi connectivity index (χ4v) is 7.29. The standard InChI is InChI=1S/C18H10O4Se2/c19-17(20)15-13(9-5-1-3-7-11(9)23-15)14-10-6-2-4-8-12(10)24-16(14)18(21)22/h1-8H,(H,19,20)(H,21,22). The number of benzene rings is 2. The third kappa shape index (κ3) is 2.27. The summed E-state index contributed by atoms with van der Waals surface area (Å²) in [6, 6.07) is 15.2. The molecule has 0 fully saturated rings. The van der Waals surface area contributed by atoms with E-state index in [-0.39, 0.29) is 29.0 Å². The maximum absolute atomic E-state index is 11.8. The summed E-state index contributed by atoms with van der Waals surface area (Å²) in [5.41, 5.74) is 1.20. The van der Waals surface area contributed by atoms with Gasteiger partial charge in [0.15, 0.2) is 0 Å². The molecule has 4 nitrogen and oxygen atoms in total. The van der Waals surface area contributed by atoms with Gasteiger partial charge in [0.25, 0.3) is 0 Å². The number of carbonyl (C=O) groups is 2. The van der Waals surface area contributed by atoms with Crippen molar-refractivity contribution in [2.45, 2.75) is 0 Å². The van der Waals surface area contributed by atoms with Crippen molar-refractivity contribution in [3.8, 4) is 11.1 Å². The average Bonchev–Trinajstić information content (AvgIpc) is 3.12. The second-order valence-corrected chi connectivity index (χ2v) is 9.63. The molecule has 2 N–H and O–H groups in total. The molecule has 0 aliphatic carbocycles. The first kappa shape index (κ1) is 15.4. The molecule has 0 bridgehead atoms. The van der Waals surface area contributed by atoms with Gasteiger partial charge in [-0.2, -0.15) is 0 Å². The van der Waals surface area contributed by atoms with Crippen LogP contribution in [0.25, 0.3) is 30.4 Å². The van der Waals surface area contributed by atoms with Crippen molar-refractivity contribution in [1.29, 1.82) is 0 Å². The van der Waals surface area contributed by atoms with Crippen LogP contribution in [0.3, 0.4) is 0 Å². The zero-order valence-electron chi connectivity index (χ0n) is 12.1. The van der Waals surface area contributed by atoms with E-state index in [1.165, 1.54) is 0 Å². The summed E-state index contributed by atoms with van der Waals surface area (Å²) in [5, 5.41) is 21.1. The predicted octanol–water partition coefficient (Wildman–Crippen LogP) is 3.17. The van der Waals surface area contributed by atoms with Crippen molar-refractivity contribution < 1.29 is 19.8 Å². The minimum absolute atomic E-state index is 0.321. The first-order valence-corrected chi connectivity index (χ1v) is 10.5. The molecule has 0 spiro atoms. The molecule has 118 valence electrons. The Labute approximate surface area is 148 Å². The van der Waals surface area contributed by atoms with Crippen molar-refractivity contribution in [3.63, 3.8) is 0 Å². The Hall–Kier alpha value is -2.10. The Morgan fingerprint density at radius 2 is 1.04 bits per heavy atom. The molecule has 0 saturated heterocycles. The van der Waals surface area contributed by atoms with Crippen LogP contribution in [0.15, 0.2) is 48.5 Å². The van der Waals surface area contributed by atoms with Crippen molar-refractivity contribution >= 4 is 60.2 Å². The van der Waals surface area contributed by atoms with E-state index >= 15 is 0 Å². The van der Waals surface area contributed by atoms with Gasteiger partial charge in [-0.25, -0.2) is 0 Å². The number of hydrogen-bond acceptors (Lipinski definition) is 2. The molecule has 6 heteroatoms. The molecule has 0 atom stereocenters. The van der Waals surface area contributed by atoms with Gasteiger partial charge in [0.05, 0.1) is 0 Å². The molecule has 24 heavy (non-hydrogen) atoms. The summed E-state index contributed by atoms with van der Waals surface area (Å²) in [4.78, 5) is 23.6. The van der Waals surface area contributed by atoms with Gasteiger partial charge < -0.3 is 0 Å². The Kier molecular flexibility index (Phi) is 3.70. The van der Waals surface area contributed by atoms with Crippen molar-refractivity contribution in [1.82, 2.24) is 0 Å². The predicted molar refractivity (Wildman–Crippen MR) is 94.7 cm³/mol.